The van der Waals surface area contributed by atoms with Crippen LogP contribution >= 0.6 is 11.8 Å². The number of amides is 2. The van der Waals surface area contributed by atoms with Crippen molar-refractivity contribution in [2.75, 3.05) is 22.1 Å². The van der Waals surface area contributed by atoms with Gasteiger partial charge < -0.3 is 16.4 Å². The molecule has 0 atom stereocenters. The molecule has 29 heavy (non-hydrogen) atoms. The second-order valence-electron chi connectivity index (χ2n) is 6.16. The molecular weight excluding hydrogens is 390 g/mol. The van der Waals surface area contributed by atoms with Crippen molar-refractivity contribution in [2.45, 2.75) is 12.1 Å². The van der Waals surface area contributed by atoms with Crippen molar-refractivity contribution in [1.82, 2.24) is 9.97 Å². The first kappa shape index (κ1) is 20.2. The van der Waals surface area contributed by atoms with E-state index in [0.29, 0.717) is 11.3 Å². The molecule has 0 saturated carbocycles. The van der Waals surface area contributed by atoms with Crippen LogP contribution < -0.4 is 21.9 Å². The summed E-state index contributed by atoms with van der Waals surface area (Å²) in [6, 6.07) is 15.8. The number of aryl methyl sites for hydroxylation is 1. The van der Waals surface area contributed by atoms with E-state index >= 15 is 0 Å². The van der Waals surface area contributed by atoms with Crippen LogP contribution in [0.15, 0.2) is 64.5 Å². The quantitative estimate of drug-likeness (QED) is 0.366. The fourth-order valence-electron chi connectivity index (χ4n) is 2.49. The molecule has 1 aromatic heterocycles. The van der Waals surface area contributed by atoms with E-state index in [2.05, 4.69) is 20.6 Å². The predicted octanol–water partition coefficient (Wildman–Crippen LogP) is 2.64. The van der Waals surface area contributed by atoms with Gasteiger partial charge in [0.1, 0.15) is 5.69 Å². The number of carbonyl (C=O) groups is 2. The van der Waals surface area contributed by atoms with Crippen LogP contribution in [0.2, 0.25) is 0 Å². The van der Waals surface area contributed by atoms with E-state index in [1.54, 1.807) is 36.4 Å². The third-order valence-corrected chi connectivity index (χ3v) is 4.72. The van der Waals surface area contributed by atoms with Gasteiger partial charge in [0.05, 0.1) is 5.75 Å². The zero-order valence-electron chi connectivity index (χ0n) is 15.6. The van der Waals surface area contributed by atoms with Crippen LogP contribution in [0.25, 0.3) is 0 Å². The summed E-state index contributed by atoms with van der Waals surface area (Å²) in [5, 5.41) is 5.42. The van der Waals surface area contributed by atoms with Crippen LogP contribution in [0.4, 0.5) is 17.2 Å². The van der Waals surface area contributed by atoms with Gasteiger partial charge in [-0.2, -0.15) is 0 Å². The van der Waals surface area contributed by atoms with E-state index in [0.717, 1.165) is 17.3 Å². The highest BCUT2D eigenvalue weighted by Crippen LogP contribution is 2.18. The standard InChI is InChI=1S/C20H19N5O3S/c1-12-6-5-9-14(10-12)22-15(26)11-29-20-24-17(21)16(19(28)25-20)23-18(27)13-7-3-2-4-8-13/h2-10H,11H2,1H3,(H,22,26)(H,23,27)(H3,21,24,25,28). The van der Waals surface area contributed by atoms with E-state index in [1.807, 2.05) is 25.1 Å². The van der Waals surface area contributed by atoms with Gasteiger partial charge in [0.25, 0.3) is 11.5 Å². The molecule has 8 nitrogen and oxygen atoms in total. The second kappa shape index (κ2) is 9.07. The van der Waals surface area contributed by atoms with E-state index in [4.69, 9.17) is 5.73 Å². The van der Waals surface area contributed by atoms with Crippen LogP contribution in [0.3, 0.4) is 0 Å². The Bertz CT molecular complexity index is 1100. The van der Waals surface area contributed by atoms with E-state index in [9.17, 15) is 14.4 Å². The van der Waals surface area contributed by atoms with Gasteiger partial charge >= 0.3 is 0 Å². The van der Waals surface area contributed by atoms with Crippen LogP contribution in [-0.2, 0) is 4.79 Å². The third kappa shape index (κ3) is 5.45. The molecule has 0 aliphatic carbocycles. The van der Waals surface area contributed by atoms with Crippen LogP contribution in [0.5, 0.6) is 0 Å². The van der Waals surface area contributed by atoms with Crippen LogP contribution in [-0.4, -0.2) is 27.5 Å². The van der Waals surface area contributed by atoms with Crippen molar-refractivity contribution in [3.05, 3.63) is 76.1 Å². The first-order valence-corrected chi connectivity index (χ1v) is 9.66. The number of anilines is 3. The summed E-state index contributed by atoms with van der Waals surface area (Å²) < 4.78 is 0. The number of nitrogen functional groups attached to an aromatic ring is 1. The molecule has 0 aliphatic heterocycles. The highest BCUT2D eigenvalue weighted by molar-refractivity contribution is 7.99. The topological polar surface area (TPSA) is 130 Å². The zero-order chi connectivity index (χ0) is 20.8. The van der Waals surface area contributed by atoms with Gasteiger partial charge in [0.2, 0.25) is 5.91 Å². The smallest absolute Gasteiger partial charge is 0.277 e. The number of nitrogens with zero attached hydrogens (tertiary/aromatic N) is 1. The number of aromatic amines is 1. The lowest BCUT2D eigenvalue weighted by atomic mass is 10.2. The van der Waals surface area contributed by atoms with Crippen LogP contribution in [0.1, 0.15) is 15.9 Å². The SMILES string of the molecule is Cc1cccc(NC(=O)CSc2nc(N)c(NC(=O)c3ccccc3)c(=O)[nH]2)c1. The monoisotopic (exact) mass is 409 g/mol. The molecule has 0 fully saturated rings. The van der Waals surface area contributed by atoms with E-state index < -0.39 is 11.5 Å². The van der Waals surface area contributed by atoms with Gasteiger partial charge in [-0.05, 0) is 36.8 Å². The number of carbonyl (C=O) groups excluding carboxylic acids is 2. The Labute approximate surface area is 170 Å². The molecule has 2 aromatic carbocycles. The summed E-state index contributed by atoms with van der Waals surface area (Å²) in [7, 11) is 0. The highest BCUT2D eigenvalue weighted by atomic mass is 32.2. The van der Waals surface area contributed by atoms with Gasteiger partial charge in [0.15, 0.2) is 11.0 Å². The van der Waals surface area contributed by atoms with Gasteiger partial charge in [0, 0.05) is 11.3 Å². The Morgan fingerprint density at radius 1 is 1.10 bits per heavy atom. The molecule has 0 spiro atoms. The molecule has 0 unspecified atom stereocenters. The third-order valence-electron chi connectivity index (χ3n) is 3.84. The molecule has 0 saturated heterocycles. The number of rotatable bonds is 6. The molecule has 148 valence electrons. The molecule has 0 bridgehead atoms. The molecule has 0 aliphatic rings. The van der Waals surface area contributed by atoms with Gasteiger partial charge in [-0.15, -0.1) is 0 Å². The number of hydrogen-bond donors (Lipinski definition) is 4. The number of H-pyrrole nitrogens is 1. The van der Waals surface area contributed by atoms with Gasteiger partial charge in [-0.1, -0.05) is 42.1 Å². The molecule has 3 aromatic rings. The van der Waals surface area contributed by atoms with E-state index in [-0.39, 0.29) is 28.3 Å². The average Bonchev–Trinajstić information content (AvgIpc) is 2.69. The normalized spacial score (nSPS) is 10.4. The first-order chi connectivity index (χ1) is 13.9. The summed E-state index contributed by atoms with van der Waals surface area (Å²) in [5.74, 6) is -0.808. The summed E-state index contributed by atoms with van der Waals surface area (Å²) in [6.45, 7) is 1.93. The van der Waals surface area contributed by atoms with E-state index in [1.165, 1.54) is 0 Å². The second-order valence-corrected chi connectivity index (χ2v) is 7.12. The number of hydrogen-bond acceptors (Lipinski definition) is 6. The lowest BCUT2D eigenvalue weighted by Crippen LogP contribution is -2.23. The Hall–Kier alpha value is -3.59. The van der Waals surface area contributed by atoms with Crippen molar-refractivity contribution >= 4 is 40.8 Å². The largest absolute Gasteiger partial charge is 0.382 e. The summed E-state index contributed by atoms with van der Waals surface area (Å²) in [4.78, 5) is 43.2. The maximum absolute atomic E-state index is 12.3. The Kier molecular flexibility index (Phi) is 6.30. The van der Waals surface area contributed by atoms with Crippen molar-refractivity contribution < 1.29 is 9.59 Å². The Morgan fingerprint density at radius 2 is 1.86 bits per heavy atom. The fourth-order valence-corrected chi connectivity index (χ4v) is 3.16. The molecule has 0 radical (unpaired) electrons. The molecule has 9 heteroatoms. The lowest BCUT2D eigenvalue weighted by Gasteiger charge is -2.09. The summed E-state index contributed by atoms with van der Waals surface area (Å²) in [5.41, 5.74) is 7.22. The molecular formula is C20H19N5O3S. The van der Waals surface area contributed by atoms with Gasteiger partial charge in [-0.25, -0.2) is 4.98 Å². The number of thioether (sulfide) groups is 1. The van der Waals surface area contributed by atoms with Crippen molar-refractivity contribution in [1.29, 1.82) is 0 Å². The van der Waals surface area contributed by atoms with Crippen LogP contribution in [0, 0.1) is 6.92 Å². The summed E-state index contributed by atoms with van der Waals surface area (Å²) >= 11 is 1.03. The number of nitrogens with two attached hydrogens (primary N) is 1. The van der Waals surface area contributed by atoms with Crippen molar-refractivity contribution in [3.8, 4) is 0 Å². The highest BCUT2D eigenvalue weighted by Gasteiger charge is 2.14. The Morgan fingerprint density at radius 3 is 2.55 bits per heavy atom. The summed E-state index contributed by atoms with van der Waals surface area (Å²) in [6.07, 6.45) is 0. The first-order valence-electron chi connectivity index (χ1n) is 8.68. The van der Waals surface area contributed by atoms with Crippen molar-refractivity contribution in [3.63, 3.8) is 0 Å². The maximum Gasteiger partial charge on any atom is 0.277 e. The Balaban J connectivity index is 1.64. The molecule has 3 rings (SSSR count). The maximum atomic E-state index is 12.3. The predicted molar refractivity (Wildman–Crippen MR) is 114 cm³/mol. The minimum atomic E-state index is -0.594. The van der Waals surface area contributed by atoms with Crippen molar-refractivity contribution in [2.24, 2.45) is 0 Å². The number of nitrogens with one attached hydrogen (secondary N) is 3. The molecule has 1 heterocycles. The minimum absolute atomic E-state index is 0.0338. The number of aromatic nitrogens is 2. The average molecular weight is 409 g/mol. The fraction of sp³-hybridized carbons (Fsp3) is 0.100. The van der Waals surface area contributed by atoms with Gasteiger partial charge in [-0.3, -0.25) is 19.4 Å². The molecule has 2 amide bonds. The molecule has 5 N–H and O–H groups in total. The minimum Gasteiger partial charge on any atom is -0.382 e. The lowest BCUT2D eigenvalue weighted by molar-refractivity contribution is -0.113. The number of benzene rings is 2. The zero-order valence-corrected chi connectivity index (χ0v) is 16.4.